The van der Waals surface area contributed by atoms with Crippen LogP contribution in [-0.2, 0) is 5.41 Å². The van der Waals surface area contributed by atoms with E-state index in [1.807, 2.05) is 0 Å². The van der Waals surface area contributed by atoms with Crippen molar-refractivity contribution in [2.45, 2.75) is 25.7 Å². The van der Waals surface area contributed by atoms with Gasteiger partial charge in [0.15, 0.2) is 5.83 Å². The van der Waals surface area contributed by atoms with Crippen LogP contribution in [0.4, 0.5) is 13.2 Å². The van der Waals surface area contributed by atoms with Crippen molar-refractivity contribution in [2.75, 3.05) is 19.6 Å². The van der Waals surface area contributed by atoms with Gasteiger partial charge in [-0.2, -0.15) is 8.78 Å². The molecule has 1 saturated carbocycles. The number of benzene rings is 1. The Kier molecular flexibility index (Phi) is 3.60. The molecular weight excluding hydrogens is 275 g/mol. The highest BCUT2D eigenvalue weighted by atomic mass is 19.3. The van der Waals surface area contributed by atoms with Gasteiger partial charge in [-0.15, -0.1) is 0 Å². The molecule has 0 aromatic heterocycles. The molecule has 1 aromatic rings. The molecule has 114 valence electrons. The molecule has 0 bridgehead atoms. The Labute approximate surface area is 123 Å². The van der Waals surface area contributed by atoms with Gasteiger partial charge in [0.1, 0.15) is 0 Å². The average molecular weight is 295 g/mol. The van der Waals surface area contributed by atoms with Gasteiger partial charge in [-0.3, -0.25) is 0 Å². The van der Waals surface area contributed by atoms with E-state index in [-0.39, 0.29) is 11.8 Å². The minimum atomic E-state index is -2.18. The van der Waals surface area contributed by atoms with E-state index in [0.29, 0.717) is 18.4 Å². The molecule has 0 spiro atoms. The maximum Gasteiger partial charge on any atom is 0.301 e. The molecule has 1 aliphatic heterocycles. The zero-order valence-electron chi connectivity index (χ0n) is 12.4. The summed E-state index contributed by atoms with van der Waals surface area (Å²) in [5.74, 6) is -0.125. The Balaban J connectivity index is 1.60. The molecular formula is C17H20F3N. The SMILES string of the molecule is Cc1cccc(C2(C)C3CN(CCC(F)=C(F)F)CC32)c1. The standard InChI is InChI=1S/C17H20F3N/c1-11-4-3-5-12(8-11)17(2)13-9-21(10-14(13)17)7-6-15(18)16(19)20/h3-5,8,13-14H,6-7,9-10H2,1-2H3. The highest BCUT2D eigenvalue weighted by molar-refractivity contribution is 5.39. The fourth-order valence-electron chi connectivity index (χ4n) is 3.90. The zero-order valence-corrected chi connectivity index (χ0v) is 12.4. The summed E-state index contributed by atoms with van der Waals surface area (Å²) in [5.41, 5.74) is 2.85. The summed E-state index contributed by atoms with van der Waals surface area (Å²) in [6, 6.07) is 8.60. The Hall–Kier alpha value is -1.29. The van der Waals surface area contributed by atoms with Gasteiger partial charge >= 0.3 is 6.08 Å². The lowest BCUT2D eigenvalue weighted by Gasteiger charge is -2.24. The number of nitrogens with zero attached hydrogens (tertiary/aromatic N) is 1. The maximum absolute atomic E-state index is 12.9. The van der Waals surface area contributed by atoms with Crippen LogP contribution in [0.5, 0.6) is 0 Å². The second-order valence-corrected chi connectivity index (χ2v) is 6.54. The van der Waals surface area contributed by atoms with E-state index in [1.54, 1.807) is 0 Å². The molecule has 1 nitrogen and oxygen atoms in total. The molecule has 1 aliphatic carbocycles. The van der Waals surface area contributed by atoms with E-state index in [4.69, 9.17) is 0 Å². The van der Waals surface area contributed by atoms with E-state index in [1.165, 1.54) is 11.1 Å². The van der Waals surface area contributed by atoms with Crippen molar-refractivity contribution in [3.05, 3.63) is 47.3 Å². The van der Waals surface area contributed by atoms with Gasteiger partial charge in [0.25, 0.3) is 0 Å². The zero-order chi connectivity index (χ0) is 15.2. The van der Waals surface area contributed by atoms with Gasteiger partial charge in [0, 0.05) is 31.5 Å². The number of rotatable bonds is 4. The molecule has 4 heteroatoms. The van der Waals surface area contributed by atoms with Crippen LogP contribution < -0.4 is 0 Å². The first-order valence-electron chi connectivity index (χ1n) is 7.42. The van der Waals surface area contributed by atoms with Crippen molar-refractivity contribution >= 4 is 0 Å². The van der Waals surface area contributed by atoms with E-state index >= 15 is 0 Å². The highest BCUT2D eigenvalue weighted by Gasteiger charge is 2.65. The summed E-state index contributed by atoms with van der Waals surface area (Å²) in [4.78, 5) is 2.11. The summed E-state index contributed by atoms with van der Waals surface area (Å²) in [6.07, 6.45) is -2.35. The molecule has 0 N–H and O–H groups in total. The number of aryl methyl sites for hydroxylation is 1. The molecule has 1 heterocycles. The Morgan fingerprint density at radius 1 is 1.24 bits per heavy atom. The lowest BCUT2D eigenvalue weighted by molar-refractivity contribution is 0.268. The first-order chi connectivity index (χ1) is 9.92. The second-order valence-electron chi connectivity index (χ2n) is 6.54. The lowest BCUT2D eigenvalue weighted by atomic mass is 9.91. The van der Waals surface area contributed by atoms with E-state index in [2.05, 4.69) is 43.0 Å². The number of halogens is 3. The van der Waals surface area contributed by atoms with Crippen LogP contribution in [0, 0.1) is 18.8 Å². The quantitative estimate of drug-likeness (QED) is 0.801. The van der Waals surface area contributed by atoms with Crippen molar-refractivity contribution in [3.8, 4) is 0 Å². The Morgan fingerprint density at radius 3 is 2.48 bits per heavy atom. The number of hydrogen-bond acceptors (Lipinski definition) is 1. The van der Waals surface area contributed by atoms with Crippen LogP contribution in [0.15, 0.2) is 36.2 Å². The van der Waals surface area contributed by atoms with Crippen LogP contribution in [0.25, 0.3) is 0 Å². The van der Waals surface area contributed by atoms with Gasteiger partial charge in [0.2, 0.25) is 0 Å². The third kappa shape index (κ3) is 2.50. The number of likely N-dealkylation sites (tertiary alicyclic amines) is 1. The van der Waals surface area contributed by atoms with Crippen molar-refractivity contribution < 1.29 is 13.2 Å². The summed E-state index contributed by atoms with van der Waals surface area (Å²) < 4.78 is 37.0. The van der Waals surface area contributed by atoms with Crippen LogP contribution in [-0.4, -0.2) is 24.5 Å². The normalized spacial score (nSPS) is 31.1. The smallest absolute Gasteiger partial charge is 0.301 e. The van der Waals surface area contributed by atoms with Crippen LogP contribution in [0.1, 0.15) is 24.5 Å². The third-order valence-electron chi connectivity index (χ3n) is 5.32. The summed E-state index contributed by atoms with van der Waals surface area (Å²) in [5, 5.41) is 0. The molecule has 1 saturated heterocycles. The van der Waals surface area contributed by atoms with Crippen LogP contribution >= 0.6 is 0 Å². The molecule has 2 unspecified atom stereocenters. The first kappa shape index (κ1) is 14.6. The van der Waals surface area contributed by atoms with Gasteiger partial charge < -0.3 is 4.90 Å². The van der Waals surface area contributed by atoms with Crippen molar-refractivity contribution in [2.24, 2.45) is 11.8 Å². The van der Waals surface area contributed by atoms with E-state index < -0.39 is 11.9 Å². The molecule has 0 amide bonds. The molecule has 2 aliphatic rings. The van der Waals surface area contributed by atoms with Crippen LogP contribution in [0.3, 0.4) is 0 Å². The third-order valence-corrected chi connectivity index (χ3v) is 5.32. The molecule has 2 atom stereocenters. The van der Waals surface area contributed by atoms with Crippen molar-refractivity contribution in [1.29, 1.82) is 0 Å². The Bertz CT molecular complexity index is 565. The topological polar surface area (TPSA) is 3.24 Å². The largest absolute Gasteiger partial charge is 0.302 e. The van der Waals surface area contributed by atoms with E-state index in [0.717, 1.165) is 13.1 Å². The lowest BCUT2D eigenvalue weighted by Crippen LogP contribution is -2.30. The predicted molar refractivity (Wildman–Crippen MR) is 76.9 cm³/mol. The fraction of sp³-hybridized carbons (Fsp3) is 0.529. The highest BCUT2D eigenvalue weighted by Crippen LogP contribution is 2.63. The number of fused-ring (bicyclic) bond motifs is 1. The van der Waals surface area contributed by atoms with Gasteiger partial charge in [0.05, 0.1) is 0 Å². The molecule has 0 radical (unpaired) electrons. The molecule has 3 rings (SSSR count). The monoisotopic (exact) mass is 295 g/mol. The van der Waals surface area contributed by atoms with Crippen LogP contribution in [0.2, 0.25) is 0 Å². The number of piperidine rings is 1. The Morgan fingerprint density at radius 2 is 1.90 bits per heavy atom. The molecule has 2 fully saturated rings. The van der Waals surface area contributed by atoms with E-state index in [9.17, 15) is 13.2 Å². The minimum Gasteiger partial charge on any atom is -0.302 e. The van der Waals surface area contributed by atoms with Gasteiger partial charge in [-0.1, -0.05) is 36.8 Å². The van der Waals surface area contributed by atoms with Gasteiger partial charge in [-0.05, 0) is 24.3 Å². The summed E-state index contributed by atoms with van der Waals surface area (Å²) in [6.45, 7) is 6.54. The van der Waals surface area contributed by atoms with Gasteiger partial charge in [-0.25, -0.2) is 4.39 Å². The maximum atomic E-state index is 12.9. The predicted octanol–water partition coefficient (Wildman–Crippen LogP) is 4.28. The average Bonchev–Trinajstić information content (AvgIpc) is 2.84. The fourth-order valence-corrected chi connectivity index (χ4v) is 3.90. The van der Waals surface area contributed by atoms with Crippen molar-refractivity contribution in [1.82, 2.24) is 4.90 Å². The molecule has 1 aromatic carbocycles. The first-order valence-corrected chi connectivity index (χ1v) is 7.42. The minimum absolute atomic E-state index is 0.178. The summed E-state index contributed by atoms with van der Waals surface area (Å²) >= 11 is 0. The number of hydrogen-bond donors (Lipinski definition) is 0. The van der Waals surface area contributed by atoms with Crippen molar-refractivity contribution in [3.63, 3.8) is 0 Å². The molecule has 21 heavy (non-hydrogen) atoms. The summed E-state index contributed by atoms with van der Waals surface area (Å²) in [7, 11) is 0. The second kappa shape index (κ2) is 5.16.